The monoisotopic (exact) mass is 545 g/mol. The molecule has 1 N–H and O–H groups in total. The van der Waals surface area contributed by atoms with Gasteiger partial charge in [-0.25, -0.2) is 4.98 Å². The maximum Gasteiger partial charge on any atom is 0.254 e. The number of rotatable bonds is 10. The van der Waals surface area contributed by atoms with Crippen LogP contribution in [0.3, 0.4) is 0 Å². The highest BCUT2D eigenvalue weighted by Gasteiger charge is 2.21. The minimum atomic E-state index is -0.350. The highest BCUT2D eigenvalue weighted by Crippen LogP contribution is 2.26. The number of imidazole rings is 1. The number of likely N-dealkylation sites (N-methyl/N-ethyl adjacent to an activating group) is 1. The van der Waals surface area contributed by atoms with Crippen molar-refractivity contribution < 1.29 is 14.3 Å². The van der Waals surface area contributed by atoms with Crippen molar-refractivity contribution in [3.63, 3.8) is 0 Å². The second-order valence-electron chi connectivity index (χ2n) is 9.47. The van der Waals surface area contributed by atoms with Gasteiger partial charge in [0.1, 0.15) is 12.3 Å². The van der Waals surface area contributed by atoms with E-state index in [0.29, 0.717) is 41.1 Å². The first-order chi connectivity index (χ1) is 18.7. The molecule has 4 rings (SSSR count). The number of hydrogen-bond acceptors (Lipinski definition) is 5. The van der Waals surface area contributed by atoms with E-state index in [0.717, 1.165) is 16.8 Å². The van der Waals surface area contributed by atoms with Crippen molar-refractivity contribution in [3.8, 4) is 22.7 Å². The molecule has 0 saturated heterocycles. The molecular formula is C30H32ClN5O3. The number of aromatic nitrogens is 2. The van der Waals surface area contributed by atoms with E-state index >= 15 is 0 Å². The number of methoxy groups -OCH3 is 1. The normalized spacial score (nSPS) is 10.9. The van der Waals surface area contributed by atoms with Crippen LogP contribution in [0.2, 0.25) is 5.02 Å². The summed E-state index contributed by atoms with van der Waals surface area (Å²) in [6, 6.07) is 22.1. The van der Waals surface area contributed by atoms with E-state index in [1.165, 1.54) is 0 Å². The SMILES string of the molecule is COc1ccc(-n2cc(-c3ccc(Cl)cc3)nc2NC(=O)CN(CCN(C)C)C(=O)c2ccc(C)cc2)cc1. The lowest BCUT2D eigenvalue weighted by Crippen LogP contribution is -2.41. The zero-order valence-corrected chi connectivity index (χ0v) is 23.3. The summed E-state index contributed by atoms with van der Waals surface area (Å²) in [5.41, 5.74) is 3.91. The lowest BCUT2D eigenvalue weighted by atomic mass is 10.1. The first-order valence-corrected chi connectivity index (χ1v) is 12.9. The van der Waals surface area contributed by atoms with E-state index in [9.17, 15) is 9.59 Å². The van der Waals surface area contributed by atoms with Crippen molar-refractivity contribution in [1.82, 2.24) is 19.4 Å². The Balaban J connectivity index is 1.61. The van der Waals surface area contributed by atoms with Gasteiger partial charge in [0.05, 0.1) is 12.8 Å². The Morgan fingerprint density at radius 2 is 1.62 bits per heavy atom. The van der Waals surface area contributed by atoms with E-state index in [1.807, 2.05) is 80.6 Å². The third-order valence-electron chi connectivity index (χ3n) is 6.19. The molecule has 4 aromatic rings. The van der Waals surface area contributed by atoms with Crippen LogP contribution in [-0.2, 0) is 4.79 Å². The summed E-state index contributed by atoms with van der Waals surface area (Å²) in [7, 11) is 5.47. The van der Waals surface area contributed by atoms with Crippen molar-refractivity contribution in [2.45, 2.75) is 6.92 Å². The van der Waals surface area contributed by atoms with Crippen molar-refractivity contribution in [2.75, 3.05) is 46.2 Å². The van der Waals surface area contributed by atoms with Crippen LogP contribution in [0.25, 0.3) is 16.9 Å². The number of halogens is 1. The lowest BCUT2D eigenvalue weighted by molar-refractivity contribution is -0.117. The van der Waals surface area contributed by atoms with Crippen molar-refractivity contribution in [1.29, 1.82) is 0 Å². The van der Waals surface area contributed by atoms with Gasteiger partial charge in [0.2, 0.25) is 11.9 Å². The fourth-order valence-electron chi connectivity index (χ4n) is 3.96. The largest absolute Gasteiger partial charge is 0.497 e. The molecule has 0 radical (unpaired) electrons. The van der Waals surface area contributed by atoms with Crippen LogP contribution in [0, 0.1) is 6.92 Å². The van der Waals surface area contributed by atoms with Gasteiger partial charge in [-0.05, 0) is 69.6 Å². The van der Waals surface area contributed by atoms with E-state index in [-0.39, 0.29) is 18.4 Å². The number of benzene rings is 3. The Bertz CT molecular complexity index is 1410. The van der Waals surface area contributed by atoms with Crippen LogP contribution in [0.15, 0.2) is 79.0 Å². The van der Waals surface area contributed by atoms with Gasteiger partial charge < -0.3 is 14.5 Å². The average Bonchev–Trinajstić information content (AvgIpc) is 3.34. The smallest absolute Gasteiger partial charge is 0.254 e. The van der Waals surface area contributed by atoms with Crippen LogP contribution in [0.5, 0.6) is 5.75 Å². The van der Waals surface area contributed by atoms with Crippen molar-refractivity contribution in [3.05, 3.63) is 95.1 Å². The van der Waals surface area contributed by atoms with E-state index in [4.69, 9.17) is 21.3 Å². The molecule has 2 amide bonds. The fourth-order valence-corrected chi connectivity index (χ4v) is 4.08. The van der Waals surface area contributed by atoms with Gasteiger partial charge in [-0.2, -0.15) is 0 Å². The number of ether oxygens (including phenoxy) is 1. The summed E-state index contributed by atoms with van der Waals surface area (Å²) in [5.74, 6) is 0.503. The van der Waals surface area contributed by atoms with Gasteiger partial charge >= 0.3 is 0 Å². The summed E-state index contributed by atoms with van der Waals surface area (Å²) in [6.07, 6.45) is 1.85. The molecule has 3 aromatic carbocycles. The predicted molar refractivity (Wildman–Crippen MR) is 155 cm³/mol. The molecule has 0 bridgehead atoms. The second kappa shape index (κ2) is 12.6. The number of aryl methyl sites for hydroxylation is 1. The lowest BCUT2D eigenvalue weighted by Gasteiger charge is -2.24. The van der Waals surface area contributed by atoms with Gasteiger partial charge in [0.25, 0.3) is 5.91 Å². The average molecular weight is 546 g/mol. The van der Waals surface area contributed by atoms with Gasteiger partial charge in [0, 0.05) is 41.1 Å². The number of carbonyl (C=O) groups excluding carboxylic acids is 2. The molecule has 0 fully saturated rings. The summed E-state index contributed by atoms with van der Waals surface area (Å²) in [6.45, 7) is 2.86. The van der Waals surface area contributed by atoms with E-state index < -0.39 is 0 Å². The van der Waals surface area contributed by atoms with Gasteiger partial charge in [-0.1, -0.05) is 41.4 Å². The van der Waals surface area contributed by atoms with E-state index in [2.05, 4.69) is 5.32 Å². The van der Waals surface area contributed by atoms with Crippen LogP contribution in [0.1, 0.15) is 15.9 Å². The Morgan fingerprint density at radius 1 is 0.949 bits per heavy atom. The minimum Gasteiger partial charge on any atom is -0.497 e. The molecule has 0 spiro atoms. The van der Waals surface area contributed by atoms with Crippen molar-refractivity contribution in [2.24, 2.45) is 0 Å². The predicted octanol–water partition coefficient (Wildman–Crippen LogP) is 5.15. The molecular weight excluding hydrogens is 514 g/mol. The Hall–Kier alpha value is -4.14. The number of anilines is 1. The second-order valence-corrected chi connectivity index (χ2v) is 9.91. The highest BCUT2D eigenvalue weighted by molar-refractivity contribution is 6.30. The number of amides is 2. The molecule has 9 heteroatoms. The zero-order chi connectivity index (χ0) is 27.9. The van der Waals surface area contributed by atoms with Crippen molar-refractivity contribution >= 4 is 29.4 Å². The molecule has 0 aliphatic heterocycles. The van der Waals surface area contributed by atoms with E-state index in [1.54, 1.807) is 40.8 Å². The summed E-state index contributed by atoms with van der Waals surface area (Å²) >= 11 is 6.07. The third-order valence-corrected chi connectivity index (χ3v) is 6.44. The van der Waals surface area contributed by atoms with Gasteiger partial charge in [-0.3, -0.25) is 19.5 Å². The van der Waals surface area contributed by atoms with Gasteiger partial charge in [-0.15, -0.1) is 0 Å². The Morgan fingerprint density at radius 3 is 2.23 bits per heavy atom. The maximum absolute atomic E-state index is 13.3. The first-order valence-electron chi connectivity index (χ1n) is 12.5. The number of nitrogens with zero attached hydrogens (tertiary/aromatic N) is 4. The molecule has 1 aromatic heterocycles. The number of hydrogen-bond donors (Lipinski definition) is 1. The molecule has 0 atom stereocenters. The maximum atomic E-state index is 13.3. The summed E-state index contributed by atoms with van der Waals surface area (Å²) < 4.78 is 7.09. The fraction of sp³-hybridized carbons (Fsp3) is 0.233. The molecule has 0 saturated carbocycles. The summed E-state index contributed by atoms with van der Waals surface area (Å²) in [5, 5.41) is 3.54. The molecule has 202 valence electrons. The quantitative estimate of drug-likeness (QED) is 0.298. The van der Waals surface area contributed by atoms with Crippen LogP contribution >= 0.6 is 11.6 Å². The Labute approximate surface area is 233 Å². The molecule has 0 unspecified atom stereocenters. The molecule has 39 heavy (non-hydrogen) atoms. The molecule has 0 aliphatic carbocycles. The topological polar surface area (TPSA) is 79.7 Å². The summed E-state index contributed by atoms with van der Waals surface area (Å²) in [4.78, 5) is 34.9. The van der Waals surface area contributed by atoms with Crippen LogP contribution in [0.4, 0.5) is 5.95 Å². The van der Waals surface area contributed by atoms with Crippen LogP contribution in [-0.4, -0.2) is 72.0 Å². The minimum absolute atomic E-state index is 0.119. The number of nitrogens with one attached hydrogen (secondary N) is 1. The molecule has 1 heterocycles. The third kappa shape index (κ3) is 7.25. The molecule has 8 nitrogen and oxygen atoms in total. The first kappa shape index (κ1) is 27.9. The highest BCUT2D eigenvalue weighted by atomic mass is 35.5. The van der Waals surface area contributed by atoms with Crippen LogP contribution < -0.4 is 10.1 Å². The number of carbonyl (C=O) groups is 2. The standard InChI is InChI=1S/C30H32ClN5O3/c1-21-5-7-23(8-6-21)29(38)35(18-17-34(2)3)20-28(37)33-30-32-27(22-9-11-24(31)12-10-22)19-36(30)25-13-15-26(39-4)16-14-25/h5-16,19H,17-18,20H2,1-4H3,(H,32,33,37). The van der Waals surface area contributed by atoms with Gasteiger partial charge in [0.15, 0.2) is 0 Å². The Kier molecular flexibility index (Phi) is 9.01. The molecule has 0 aliphatic rings. The zero-order valence-electron chi connectivity index (χ0n) is 22.5.